The van der Waals surface area contributed by atoms with Crippen LogP contribution in [0, 0.1) is 0 Å². The van der Waals surface area contributed by atoms with Gasteiger partial charge < -0.3 is 0 Å². The average Bonchev–Trinajstić information content (AvgIpc) is 1.52. The third-order valence-corrected chi connectivity index (χ3v) is 0.498. The summed E-state index contributed by atoms with van der Waals surface area (Å²) in [4.78, 5) is 20.1. The van der Waals surface area contributed by atoms with Gasteiger partial charge in [0, 0.05) is 0 Å². The second-order valence-corrected chi connectivity index (χ2v) is 3.43. The summed E-state index contributed by atoms with van der Waals surface area (Å²) >= 11 is -5.25. The molecule has 0 aromatic carbocycles. The molecular formula is C5H10CrO6. The number of ketones is 2. The van der Waals surface area contributed by atoms with Gasteiger partial charge in [-0.2, -0.15) is 0 Å². The van der Waals surface area contributed by atoms with Gasteiger partial charge in [0.2, 0.25) is 0 Å². The summed E-state index contributed by atoms with van der Waals surface area (Å²) in [7, 11) is 0. The molecule has 0 spiro atoms. The van der Waals surface area contributed by atoms with Crippen LogP contribution < -0.4 is 0 Å². The molecule has 2 N–H and O–H groups in total. The topological polar surface area (TPSA) is 109 Å². The Kier molecular flexibility index (Phi) is 6.94. The van der Waals surface area contributed by atoms with Crippen molar-refractivity contribution < 1.29 is 39.1 Å². The Hall–Kier alpha value is -0.608. The maximum absolute atomic E-state index is 10.0. The van der Waals surface area contributed by atoms with E-state index in [4.69, 9.17) is 15.9 Å². The second-order valence-electron chi connectivity index (χ2n) is 2.03. The molecule has 0 aliphatic carbocycles. The molecule has 0 radical (unpaired) electrons. The van der Waals surface area contributed by atoms with Crippen LogP contribution in [0.25, 0.3) is 0 Å². The van der Waals surface area contributed by atoms with E-state index in [-0.39, 0.29) is 18.0 Å². The van der Waals surface area contributed by atoms with Crippen LogP contribution >= 0.6 is 0 Å². The van der Waals surface area contributed by atoms with Crippen molar-refractivity contribution >= 4 is 11.6 Å². The van der Waals surface area contributed by atoms with Gasteiger partial charge in [0.05, 0.1) is 6.42 Å². The summed E-state index contributed by atoms with van der Waals surface area (Å²) in [5.41, 5.74) is 0. The minimum atomic E-state index is -5.25. The van der Waals surface area contributed by atoms with E-state index in [1.807, 2.05) is 0 Å². The molecule has 0 aliphatic rings. The quantitative estimate of drug-likeness (QED) is 0.587. The van der Waals surface area contributed by atoms with Gasteiger partial charge in [0.1, 0.15) is 11.6 Å². The van der Waals surface area contributed by atoms with Crippen molar-refractivity contribution in [1.82, 2.24) is 0 Å². The van der Waals surface area contributed by atoms with Crippen molar-refractivity contribution in [2.75, 3.05) is 0 Å². The second kappa shape index (κ2) is 5.97. The molecule has 0 aromatic rings. The van der Waals surface area contributed by atoms with E-state index in [9.17, 15) is 9.59 Å². The maximum atomic E-state index is 10.0. The molecule has 0 fully saturated rings. The number of hydrogen-bond donors (Lipinski definition) is 2. The van der Waals surface area contributed by atoms with Gasteiger partial charge in [-0.15, -0.1) is 0 Å². The Labute approximate surface area is 71.6 Å². The fraction of sp³-hybridized carbons (Fsp3) is 0.600. The summed E-state index contributed by atoms with van der Waals surface area (Å²) in [6.07, 6.45) is 0.0833. The number of carbonyl (C=O) groups is 2. The first-order valence-electron chi connectivity index (χ1n) is 2.81. The molecule has 0 aromatic heterocycles. The molecule has 0 heterocycles. The molecule has 0 saturated carbocycles. The van der Waals surface area contributed by atoms with Gasteiger partial charge >= 0.3 is 29.5 Å². The predicted molar refractivity (Wildman–Crippen MR) is 31.8 cm³/mol. The fourth-order valence-electron chi connectivity index (χ4n) is 0.351. The Morgan fingerprint density at radius 3 is 1.25 bits per heavy atom. The van der Waals surface area contributed by atoms with Crippen molar-refractivity contribution in [2.45, 2.75) is 20.3 Å². The number of hydrogen-bond acceptors (Lipinski definition) is 4. The Bertz CT molecular complexity index is 231. The standard InChI is InChI=1S/C5H8O2.Cr.2H2O.2O/c1-4(6)3-5(2)7;;;;;/h3H2,1-2H3;;2*1H2;;/q;+2;;;;/p-2. The third-order valence-electron chi connectivity index (χ3n) is 0.498. The normalized spacial score (nSPS) is 9.67. The fourth-order valence-corrected chi connectivity index (χ4v) is 0.351. The van der Waals surface area contributed by atoms with Crippen molar-refractivity contribution in [1.29, 1.82) is 0 Å². The summed E-state index contributed by atoms with van der Waals surface area (Å²) in [6, 6.07) is 0. The molecular weight excluding hydrogens is 208 g/mol. The molecule has 0 saturated heterocycles. The van der Waals surface area contributed by atoms with E-state index in [2.05, 4.69) is 0 Å². The molecule has 0 amide bonds. The first-order chi connectivity index (χ1) is 5.13. The van der Waals surface area contributed by atoms with Crippen molar-refractivity contribution in [3.05, 3.63) is 0 Å². The first-order valence-corrected chi connectivity index (χ1v) is 5.00. The van der Waals surface area contributed by atoms with Crippen molar-refractivity contribution in [3.8, 4) is 0 Å². The third kappa shape index (κ3) is 57.5. The molecule has 0 aliphatic heterocycles. The zero-order valence-electron chi connectivity index (χ0n) is 6.64. The van der Waals surface area contributed by atoms with Gasteiger partial charge in [0.15, 0.2) is 0 Å². The molecule has 0 bridgehead atoms. The summed E-state index contributed by atoms with van der Waals surface area (Å²) < 4.78 is 31.9. The molecule has 0 unspecified atom stereocenters. The SMILES string of the molecule is CC(=O)CC(C)=O.[O]=[Cr](=[O])([OH])[OH]. The minimum absolute atomic E-state index is 0.0625. The van der Waals surface area contributed by atoms with E-state index in [0.717, 1.165) is 0 Å². The van der Waals surface area contributed by atoms with Crippen LogP contribution in [-0.2, 0) is 30.8 Å². The summed E-state index contributed by atoms with van der Waals surface area (Å²) in [5, 5.41) is 0. The molecule has 0 atom stereocenters. The van der Waals surface area contributed by atoms with Gasteiger partial charge in [-0.1, -0.05) is 0 Å². The molecule has 6 nitrogen and oxygen atoms in total. The van der Waals surface area contributed by atoms with E-state index >= 15 is 0 Å². The zero-order valence-corrected chi connectivity index (χ0v) is 7.92. The van der Waals surface area contributed by atoms with Crippen LogP contribution in [0.4, 0.5) is 0 Å². The predicted octanol–water partition coefficient (Wildman–Crippen LogP) is -0.800. The van der Waals surface area contributed by atoms with Gasteiger partial charge in [-0.25, -0.2) is 0 Å². The van der Waals surface area contributed by atoms with Crippen LogP contribution in [0.5, 0.6) is 0 Å². The molecule has 12 heavy (non-hydrogen) atoms. The van der Waals surface area contributed by atoms with E-state index < -0.39 is 13.6 Å². The van der Waals surface area contributed by atoms with Gasteiger partial charge in [-0.05, 0) is 13.8 Å². The van der Waals surface area contributed by atoms with Gasteiger partial charge in [-0.3, -0.25) is 9.59 Å². The number of carbonyl (C=O) groups excluding carboxylic acids is 2. The van der Waals surface area contributed by atoms with Crippen LogP contribution in [-0.4, -0.2) is 19.9 Å². The Morgan fingerprint density at radius 1 is 1.08 bits per heavy atom. The monoisotopic (exact) mass is 218 g/mol. The van der Waals surface area contributed by atoms with Crippen LogP contribution in [0.15, 0.2) is 0 Å². The van der Waals surface area contributed by atoms with Crippen molar-refractivity contribution in [2.24, 2.45) is 0 Å². The molecule has 72 valence electrons. The summed E-state index contributed by atoms with van der Waals surface area (Å²) in [6.45, 7) is 2.81. The molecule has 0 rings (SSSR count). The Balaban J connectivity index is 0. The van der Waals surface area contributed by atoms with E-state index in [1.54, 1.807) is 0 Å². The van der Waals surface area contributed by atoms with Crippen LogP contribution in [0.3, 0.4) is 0 Å². The number of rotatable bonds is 2. The van der Waals surface area contributed by atoms with Crippen molar-refractivity contribution in [3.63, 3.8) is 0 Å². The van der Waals surface area contributed by atoms with E-state index in [0.29, 0.717) is 0 Å². The first kappa shape index (κ1) is 13.9. The Morgan fingerprint density at radius 2 is 1.25 bits per heavy atom. The molecule has 7 heteroatoms. The van der Waals surface area contributed by atoms with Crippen LogP contribution in [0.1, 0.15) is 20.3 Å². The zero-order chi connectivity index (χ0) is 10.4. The van der Waals surface area contributed by atoms with Crippen LogP contribution in [0.2, 0.25) is 0 Å². The van der Waals surface area contributed by atoms with Gasteiger partial charge in [0.25, 0.3) is 0 Å². The summed E-state index contributed by atoms with van der Waals surface area (Å²) in [5.74, 6) is -0.125. The van der Waals surface area contributed by atoms with E-state index in [1.165, 1.54) is 13.8 Å². The average molecular weight is 218 g/mol. The number of Topliss-reactive ketones (excluding diaryl/α,β-unsaturated/α-hetero) is 2.